The summed E-state index contributed by atoms with van der Waals surface area (Å²) in [7, 11) is 0. The minimum absolute atomic E-state index is 0.151. The highest BCUT2D eigenvalue weighted by Crippen LogP contribution is 2.27. The van der Waals surface area contributed by atoms with Crippen LogP contribution in [0.4, 0.5) is 0 Å². The van der Waals surface area contributed by atoms with Crippen molar-refractivity contribution >= 4 is 16.9 Å². The fraction of sp³-hybridized carbons (Fsp3) is 0.467. The van der Waals surface area contributed by atoms with E-state index in [1.807, 2.05) is 0 Å². The van der Waals surface area contributed by atoms with Gasteiger partial charge in [-0.15, -0.1) is 0 Å². The molecule has 0 unspecified atom stereocenters. The lowest BCUT2D eigenvalue weighted by Gasteiger charge is -2.20. The molecule has 0 aliphatic heterocycles. The van der Waals surface area contributed by atoms with Gasteiger partial charge in [0.15, 0.2) is 11.4 Å². The van der Waals surface area contributed by atoms with Crippen LogP contribution in [0.2, 0.25) is 0 Å². The van der Waals surface area contributed by atoms with Gasteiger partial charge in [-0.1, -0.05) is 32.1 Å². The topological polar surface area (TPSA) is 63.1 Å². The van der Waals surface area contributed by atoms with Crippen molar-refractivity contribution in [2.75, 3.05) is 0 Å². The Morgan fingerprint density at radius 2 is 2.05 bits per heavy atom. The maximum Gasteiger partial charge on any atom is 0.417 e. The molecule has 3 rings (SSSR count). The zero-order valence-electron chi connectivity index (χ0n) is 10.8. The molecular formula is C15H17NO3. The summed E-state index contributed by atoms with van der Waals surface area (Å²) in [5, 5.41) is 0. The SMILES string of the molecule is O=C(CC1CCCCC1)c1ccc2[nH]c(=O)oc2c1. The van der Waals surface area contributed by atoms with Gasteiger partial charge in [-0.05, 0) is 24.1 Å². The van der Waals surface area contributed by atoms with Crippen LogP contribution in [0.3, 0.4) is 0 Å². The Morgan fingerprint density at radius 1 is 1.26 bits per heavy atom. The highest BCUT2D eigenvalue weighted by atomic mass is 16.4. The van der Waals surface area contributed by atoms with Crippen LogP contribution in [0.25, 0.3) is 11.1 Å². The second-order valence-corrected chi connectivity index (χ2v) is 5.36. The number of oxazole rings is 1. The molecule has 1 aromatic carbocycles. The Bertz CT molecular complexity index is 647. The van der Waals surface area contributed by atoms with E-state index in [1.54, 1.807) is 18.2 Å². The standard InChI is InChI=1S/C15H17NO3/c17-13(8-10-4-2-1-3-5-10)11-6-7-12-14(9-11)19-15(18)16-12/h6-7,9-10H,1-5,8H2,(H,16,18). The molecule has 4 nitrogen and oxygen atoms in total. The number of fused-ring (bicyclic) bond motifs is 1. The normalized spacial score (nSPS) is 16.8. The summed E-state index contributed by atoms with van der Waals surface area (Å²) in [6, 6.07) is 5.16. The first-order chi connectivity index (χ1) is 9.22. The molecule has 19 heavy (non-hydrogen) atoms. The van der Waals surface area contributed by atoms with E-state index < -0.39 is 5.76 Å². The number of nitrogens with one attached hydrogen (secondary N) is 1. The molecule has 0 spiro atoms. The number of aromatic amines is 1. The average molecular weight is 259 g/mol. The molecule has 1 aliphatic rings. The molecule has 1 fully saturated rings. The molecular weight excluding hydrogens is 242 g/mol. The Kier molecular flexibility index (Phi) is 3.23. The van der Waals surface area contributed by atoms with Crippen molar-refractivity contribution in [2.24, 2.45) is 5.92 Å². The van der Waals surface area contributed by atoms with Crippen LogP contribution in [0.15, 0.2) is 27.4 Å². The number of hydrogen-bond donors (Lipinski definition) is 1. The molecule has 0 radical (unpaired) electrons. The zero-order chi connectivity index (χ0) is 13.2. The van der Waals surface area contributed by atoms with E-state index >= 15 is 0 Å². The summed E-state index contributed by atoms with van der Waals surface area (Å²) >= 11 is 0. The molecule has 0 saturated heterocycles. The van der Waals surface area contributed by atoms with E-state index in [-0.39, 0.29) is 5.78 Å². The zero-order valence-corrected chi connectivity index (χ0v) is 10.8. The summed E-state index contributed by atoms with van der Waals surface area (Å²) in [5.74, 6) is 0.194. The van der Waals surface area contributed by atoms with Crippen LogP contribution in [0, 0.1) is 5.92 Å². The Labute approximate surface area is 110 Å². The molecule has 1 heterocycles. The first-order valence-electron chi connectivity index (χ1n) is 6.88. The maximum absolute atomic E-state index is 12.2. The number of benzene rings is 1. The van der Waals surface area contributed by atoms with Crippen molar-refractivity contribution in [3.8, 4) is 0 Å². The molecule has 0 bridgehead atoms. The van der Waals surface area contributed by atoms with Gasteiger partial charge in [-0.3, -0.25) is 9.78 Å². The number of rotatable bonds is 3. The fourth-order valence-corrected chi connectivity index (χ4v) is 2.89. The Balaban J connectivity index is 1.78. The number of H-pyrrole nitrogens is 1. The minimum atomic E-state index is -0.480. The first kappa shape index (κ1) is 12.2. The van der Waals surface area contributed by atoms with Crippen LogP contribution in [-0.2, 0) is 0 Å². The van der Waals surface area contributed by atoms with Gasteiger partial charge in [0.05, 0.1) is 5.52 Å². The predicted molar refractivity (Wildman–Crippen MR) is 72.4 cm³/mol. The second kappa shape index (κ2) is 5.03. The first-order valence-corrected chi connectivity index (χ1v) is 6.88. The number of carbonyl (C=O) groups excluding carboxylic acids is 1. The lowest BCUT2D eigenvalue weighted by molar-refractivity contribution is 0.0950. The van der Waals surface area contributed by atoms with Gasteiger partial charge in [0.2, 0.25) is 0 Å². The van der Waals surface area contributed by atoms with Crippen molar-refractivity contribution in [2.45, 2.75) is 38.5 Å². The van der Waals surface area contributed by atoms with Crippen LogP contribution in [0.1, 0.15) is 48.9 Å². The van der Waals surface area contributed by atoms with Crippen LogP contribution in [0.5, 0.6) is 0 Å². The van der Waals surface area contributed by atoms with E-state index in [0.717, 1.165) is 12.8 Å². The van der Waals surface area contributed by atoms with E-state index in [1.165, 1.54) is 19.3 Å². The molecule has 1 aromatic heterocycles. The molecule has 4 heteroatoms. The molecule has 1 saturated carbocycles. The van der Waals surface area contributed by atoms with E-state index in [4.69, 9.17) is 4.42 Å². The summed E-state index contributed by atoms with van der Waals surface area (Å²) in [6.07, 6.45) is 6.71. The quantitative estimate of drug-likeness (QED) is 0.860. The molecule has 2 aromatic rings. The number of hydrogen-bond acceptors (Lipinski definition) is 3. The summed E-state index contributed by atoms with van der Waals surface area (Å²) in [4.78, 5) is 25.9. The number of carbonyl (C=O) groups is 1. The maximum atomic E-state index is 12.2. The summed E-state index contributed by atoms with van der Waals surface area (Å²) in [5.41, 5.74) is 1.74. The lowest BCUT2D eigenvalue weighted by Crippen LogP contribution is -2.12. The van der Waals surface area contributed by atoms with E-state index in [0.29, 0.717) is 29.0 Å². The highest BCUT2D eigenvalue weighted by molar-refractivity contribution is 5.98. The predicted octanol–water partition coefficient (Wildman–Crippen LogP) is 3.27. The van der Waals surface area contributed by atoms with Crippen molar-refractivity contribution in [1.82, 2.24) is 4.98 Å². The number of ketones is 1. The van der Waals surface area contributed by atoms with E-state index in [9.17, 15) is 9.59 Å². The van der Waals surface area contributed by atoms with Crippen molar-refractivity contribution in [3.63, 3.8) is 0 Å². The van der Waals surface area contributed by atoms with Crippen LogP contribution < -0.4 is 5.76 Å². The molecule has 1 aliphatic carbocycles. The fourth-order valence-electron chi connectivity index (χ4n) is 2.89. The third-order valence-corrected chi connectivity index (χ3v) is 3.94. The Hall–Kier alpha value is -1.84. The largest absolute Gasteiger partial charge is 0.417 e. The van der Waals surface area contributed by atoms with Crippen LogP contribution in [-0.4, -0.2) is 10.8 Å². The average Bonchev–Trinajstić information content (AvgIpc) is 2.78. The summed E-state index contributed by atoms with van der Waals surface area (Å²) in [6.45, 7) is 0. The molecule has 1 N–H and O–H groups in total. The summed E-state index contributed by atoms with van der Waals surface area (Å²) < 4.78 is 4.99. The third kappa shape index (κ3) is 2.62. The number of Topliss-reactive ketones (excluding diaryl/α,β-unsaturated/α-hetero) is 1. The monoisotopic (exact) mass is 259 g/mol. The van der Waals surface area contributed by atoms with Crippen molar-refractivity contribution in [1.29, 1.82) is 0 Å². The highest BCUT2D eigenvalue weighted by Gasteiger charge is 2.18. The Morgan fingerprint density at radius 3 is 2.84 bits per heavy atom. The van der Waals surface area contributed by atoms with Gasteiger partial charge in [0.25, 0.3) is 0 Å². The van der Waals surface area contributed by atoms with Gasteiger partial charge in [0.1, 0.15) is 0 Å². The van der Waals surface area contributed by atoms with Crippen molar-refractivity contribution < 1.29 is 9.21 Å². The van der Waals surface area contributed by atoms with Gasteiger partial charge in [0, 0.05) is 12.0 Å². The van der Waals surface area contributed by atoms with Gasteiger partial charge < -0.3 is 4.42 Å². The third-order valence-electron chi connectivity index (χ3n) is 3.94. The second-order valence-electron chi connectivity index (χ2n) is 5.36. The van der Waals surface area contributed by atoms with Gasteiger partial charge in [-0.2, -0.15) is 0 Å². The van der Waals surface area contributed by atoms with Crippen molar-refractivity contribution in [3.05, 3.63) is 34.3 Å². The van der Waals surface area contributed by atoms with Gasteiger partial charge in [-0.25, -0.2) is 4.79 Å². The van der Waals surface area contributed by atoms with Crippen LogP contribution >= 0.6 is 0 Å². The lowest BCUT2D eigenvalue weighted by atomic mass is 9.85. The van der Waals surface area contributed by atoms with Gasteiger partial charge >= 0.3 is 5.76 Å². The smallest absolute Gasteiger partial charge is 0.408 e. The minimum Gasteiger partial charge on any atom is -0.408 e. The number of aromatic nitrogens is 1. The van der Waals surface area contributed by atoms with E-state index in [2.05, 4.69) is 4.98 Å². The molecule has 100 valence electrons. The molecule has 0 atom stereocenters. The molecule has 0 amide bonds.